The fourth-order valence-electron chi connectivity index (χ4n) is 2.17. The van der Waals surface area contributed by atoms with Crippen LogP contribution in [0.15, 0.2) is 6.07 Å². The Morgan fingerprint density at radius 2 is 1.68 bits per heavy atom. The van der Waals surface area contributed by atoms with E-state index in [1.54, 1.807) is 20.8 Å². The molecule has 6 nitrogen and oxygen atoms in total. The zero-order valence-corrected chi connectivity index (χ0v) is 21.5. The Balaban J connectivity index is 3.38. The van der Waals surface area contributed by atoms with Gasteiger partial charge in [0.25, 0.3) is 0 Å². The standard InChI is InChI=1S/C15H21I3NO5P/c1-4-22-15(20)12(25(21,23-5-2)24-6-3)7-9-10(16)8-11(17)14(19)13(9)18/h8,12H,4-7,19H2,1-3H3. The fourth-order valence-corrected chi connectivity index (χ4v) is 7.87. The van der Waals surface area contributed by atoms with Crippen LogP contribution in [0.2, 0.25) is 0 Å². The van der Waals surface area contributed by atoms with Crippen molar-refractivity contribution in [3.05, 3.63) is 22.3 Å². The summed E-state index contributed by atoms with van der Waals surface area (Å²) in [4.78, 5) is 12.5. The monoisotopic (exact) mass is 707 g/mol. The molecule has 0 fully saturated rings. The predicted molar refractivity (Wildman–Crippen MR) is 124 cm³/mol. The Morgan fingerprint density at radius 1 is 1.12 bits per heavy atom. The van der Waals surface area contributed by atoms with Crippen molar-refractivity contribution in [3.63, 3.8) is 0 Å². The number of carbonyl (C=O) groups is 1. The highest BCUT2D eigenvalue weighted by atomic mass is 127. The van der Waals surface area contributed by atoms with E-state index < -0.39 is 19.2 Å². The maximum absolute atomic E-state index is 13.2. The highest BCUT2D eigenvalue weighted by molar-refractivity contribution is 14.1. The largest absolute Gasteiger partial charge is 0.465 e. The second-order valence-corrected chi connectivity index (χ2v) is 10.5. The molecule has 0 bridgehead atoms. The number of esters is 1. The summed E-state index contributed by atoms with van der Waals surface area (Å²) in [6, 6.07) is 1.93. The summed E-state index contributed by atoms with van der Waals surface area (Å²) in [5.74, 6) is -0.587. The summed E-state index contributed by atoms with van der Waals surface area (Å²) < 4.78 is 31.9. The van der Waals surface area contributed by atoms with Crippen LogP contribution in [0.4, 0.5) is 5.69 Å². The third kappa shape index (κ3) is 6.16. The number of nitrogens with two attached hydrogens (primary N) is 1. The SMILES string of the molecule is CCOC(=O)C(Cc1c(I)cc(I)c(N)c1I)P(=O)(OCC)OCC. The Kier molecular flexibility index (Phi) is 10.5. The van der Waals surface area contributed by atoms with Gasteiger partial charge < -0.3 is 19.5 Å². The fraction of sp³-hybridized carbons (Fsp3) is 0.533. The number of carbonyl (C=O) groups excluding carboxylic acids is 1. The minimum atomic E-state index is -3.67. The highest BCUT2D eigenvalue weighted by Gasteiger charge is 2.43. The number of ether oxygens (including phenoxy) is 1. The molecule has 0 aliphatic carbocycles. The van der Waals surface area contributed by atoms with Gasteiger partial charge in [-0.25, -0.2) is 0 Å². The van der Waals surface area contributed by atoms with Gasteiger partial charge in [0.05, 0.1) is 25.5 Å². The van der Waals surface area contributed by atoms with Crippen molar-refractivity contribution in [1.82, 2.24) is 0 Å². The molecule has 0 aliphatic rings. The first-order valence-corrected chi connectivity index (χ1v) is 12.5. The average molecular weight is 707 g/mol. The van der Waals surface area contributed by atoms with Gasteiger partial charge in [0.15, 0.2) is 5.66 Å². The summed E-state index contributed by atoms with van der Waals surface area (Å²) in [6.45, 7) is 5.68. The minimum absolute atomic E-state index is 0.174. The summed E-state index contributed by atoms with van der Waals surface area (Å²) in [5, 5.41) is 0. The molecular formula is C15H21I3NO5P. The lowest BCUT2D eigenvalue weighted by atomic mass is 10.1. The quantitative estimate of drug-likeness (QED) is 0.172. The van der Waals surface area contributed by atoms with E-state index in [1.165, 1.54) is 0 Å². The van der Waals surface area contributed by atoms with Gasteiger partial charge in [-0.05, 0) is 107 Å². The van der Waals surface area contributed by atoms with Crippen molar-refractivity contribution in [2.75, 3.05) is 25.6 Å². The van der Waals surface area contributed by atoms with Gasteiger partial charge in [-0.1, -0.05) is 0 Å². The second kappa shape index (κ2) is 11.0. The van der Waals surface area contributed by atoms with E-state index in [2.05, 4.69) is 67.8 Å². The van der Waals surface area contributed by atoms with E-state index in [4.69, 9.17) is 19.5 Å². The number of halogens is 3. The number of anilines is 1. The van der Waals surface area contributed by atoms with Crippen molar-refractivity contribution in [1.29, 1.82) is 0 Å². The lowest BCUT2D eigenvalue weighted by molar-refractivity contribution is -0.143. The zero-order chi connectivity index (χ0) is 19.2. The molecule has 0 aliphatic heterocycles. The molecule has 0 saturated heterocycles. The maximum Gasteiger partial charge on any atom is 0.345 e. The van der Waals surface area contributed by atoms with Crippen molar-refractivity contribution >= 4 is 87.0 Å². The molecule has 1 unspecified atom stereocenters. The molecule has 0 aromatic heterocycles. The van der Waals surface area contributed by atoms with Crippen LogP contribution < -0.4 is 5.73 Å². The summed E-state index contributed by atoms with van der Waals surface area (Å²) in [5.41, 5.74) is 6.57. The van der Waals surface area contributed by atoms with Crippen LogP contribution in [0.3, 0.4) is 0 Å². The van der Waals surface area contributed by atoms with Crippen LogP contribution in [-0.4, -0.2) is 31.4 Å². The number of hydrogen-bond acceptors (Lipinski definition) is 6. The molecule has 0 heterocycles. The Bertz CT molecular complexity index is 661. The smallest absolute Gasteiger partial charge is 0.345 e. The van der Waals surface area contributed by atoms with Gasteiger partial charge >= 0.3 is 13.6 Å². The van der Waals surface area contributed by atoms with Crippen molar-refractivity contribution in [2.45, 2.75) is 32.9 Å². The lowest BCUT2D eigenvalue weighted by Gasteiger charge is -2.26. The molecule has 1 aromatic carbocycles. The van der Waals surface area contributed by atoms with Crippen molar-refractivity contribution in [2.24, 2.45) is 0 Å². The summed E-state index contributed by atoms with van der Waals surface area (Å²) in [7, 11) is -3.67. The highest BCUT2D eigenvalue weighted by Crippen LogP contribution is 2.55. The number of hydrogen-bond donors (Lipinski definition) is 1. The molecule has 1 atom stereocenters. The van der Waals surface area contributed by atoms with E-state index >= 15 is 0 Å². The van der Waals surface area contributed by atoms with E-state index in [0.29, 0.717) is 5.69 Å². The first-order chi connectivity index (χ1) is 11.7. The summed E-state index contributed by atoms with van der Waals surface area (Å²) >= 11 is 6.50. The van der Waals surface area contributed by atoms with E-state index in [9.17, 15) is 9.36 Å². The molecule has 10 heteroatoms. The first kappa shape index (κ1) is 23.9. The first-order valence-electron chi connectivity index (χ1n) is 7.68. The normalized spacial score (nSPS) is 12.9. The molecule has 142 valence electrons. The number of nitrogen functional groups attached to an aromatic ring is 1. The molecule has 0 spiro atoms. The summed E-state index contributed by atoms with van der Waals surface area (Å²) in [6.07, 6.45) is 0.174. The predicted octanol–water partition coefficient (Wildman–Crippen LogP) is 4.82. The Labute approximate surface area is 189 Å². The lowest BCUT2D eigenvalue weighted by Crippen LogP contribution is -2.29. The van der Waals surface area contributed by atoms with Crippen LogP contribution in [-0.2, 0) is 29.6 Å². The van der Waals surface area contributed by atoms with Gasteiger partial charge in [0.2, 0.25) is 0 Å². The number of benzene rings is 1. The van der Waals surface area contributed by atoms with Gasteiger partial charge in [-0.3, -0.25) is 9.36 Å². The Hall–Kier alpha value is 0.830. The third-order valence-corrected chi connectivity index (χ3v) is 8.74. The zero-order valence-electron chi connectivity index (χ0n) is 14.2. The molecule has 0 amide bonds. The molecule has 0 radical (unpaired) electrons. The molecule has 1 aromatic rings. The van der Waals surface area contributed by atoms with Crippen LogP contribution in [0.25, 0.3) is 0 Å². The van der Waals surface area contributed by atoms with Gasteiger partial charge in [-0.15, -0.1) is 0 Å². The number of rotatable bonds is 9. The topological polar surface area (TPSA) is 87.9 Å². The molecular weight excluding hydrogens is 686 g/mol. The van der Waals surface area contributed by atoms with Crippen molar-refractivity contribution in [3.8, 4) is 0 Å². The van der Waals surface area contributed by atoms with Crippen LogP contribution in [0.1, 0.15) is 26.3 Å². The van der Waals surface area contributed by atoms with Gasteiger partial charge in [-0.2, -0.15) is 0 Å². The van der Waals surface area contributed by atoms with Crippen LogP contribution >= 0.6 is 75.4 Å². The third-order valence-electron chi connectivity index (χ3n) is 3.26. The van der Waals surface area contributed by atoms with Crippen molar-refractivity contribution < 1.29 is 23.1 Å². The molecule has 25 heavy (non-hydrogen) atoms. The maximum atomic E-state index is 13.2. The second-order valence-electron chi connectivity index (χ2n) is 4.89. The average Bonchev–Trinajstić information content (AvgIpc) is 2.53. The Morgan fingerprint density at radius 3 is 2.16 bits per heavy atom. The van der Waals surface area contributed by atoms with Gasteiger partial charge in [0, 0.05) is 10.7 Å². The van der Waals surface area contributed by atoms with E-state index in [1.807, 2.05) is 6.07 Å². The van der Waals surface area contributed by atoms with E-state index in [0.717, 1.165) is 16.3 Å². The van der Waals surface area contributed by atoms with E-state index in [-0.39, 0.29) is 26.2 Å². The van der Waals surface area contributed by atoms with Gasteiger partial charge in [0.1, 0.15) is 0 Å². The molecule has 1 rings (SSSR count). The minimum Gasteiger partial charge on any atom is -0.465 e. The van der Waals surface area contributed by atoms with Crippen LogP contribution in [0, 0.1) is 10.7 Å². The molecule has 0 saturated carbocycles. The van der Waals surface area contributed by atoms with Crippen LogP contribution in [0.5, 0.6) is 0 Å². The molecule has 2 N–H and O–H groups in total.